The predicted octanol–water partition coefficient (Wildman–Crippen LogP) is 4.13. The van der Waals surface area contributed by atoms with Crippen molar-refractivity contribution in [3.63, 3.8) is 0 Å². The lowest BCUT2D eigenvalue weighted by Crippen LogP contribution is -2.03. The fourth-order valence-corrected chi connectivity index (χ4v) is 2.58. The molecule has 0 aromatic carbocycles. The molecule has 0 saturated carbocycles. The van der Waals surface area contributed by atoms with Crippen molar-refractivity contribution in [2.75, 3.05) is 0 Å². The Bertz CT molecular complexity index is 562. The molecule has 2 rings (SSSR count). The molecule has 0 aliphatic heterocycles. The average molecular weight is 257 g/mol. The summed E-state index contributed by atoms with van der Waals surface area (Å²) in [5.41, 5.74) is 4.88. The first-order chi connectivity index (χ1) is 8.91. The van der Waals surface area contributed by atoms with E-state index in [4.69, 9.17) is 0 Å². The largest absolute Gasteiger partial charge is 0.237 e. The predicted molar refractivity (Wildman–Crippen MR) is 79.0 cm³/mol. The maximum absolute atomic E-state index is 4.63. The fraction of sp³-hybridized carbons (Fsp3) is 0.500. The molecular weight excluding hydrogens is 234 g/mol. The monoisotopic (exact) mass is 257 g/mol. The summed E-state index contributed by atoms with van der Waals surface area (Å²) in [6.45, 7) is 13.0. The topological polar surface area (TPSA) is 30.7 Å². The van der Waals surface area contributed by atoms with Crippen molar-refractivity contribution in [1.82, 2.24) is 14.8 Å². The fourth-order valence-electron chi connectivity index (χ4n) is 2.58. The molecule has 0 N–H and O–H groups in total. The minimum Gasteiger partial charge on any atom is -0.237 e. The van der Waals surface area contributed by atoms with Crippen LogP contribution in [0.1, 0.15) is 62.0 Å². The zero-order valence-electron chi connectivity index (χ0n) is 12.7. The first-order valence-corrected chi connectivity index (χ1v) is 6.94. The molecule has 0 aliphatic rings. The molecule has 0 aliphatic carbocycles. The van der Waals surface area contributed by atoms with E-state index in [1.54, 1.807) is 0 Å². The lowest BCUT2D eigenvalue weighted by Gasteiger charge is -2.08. The van der Waals surface area contributed by atoms with Gasteiger partial charge in [0, 0.05) is 11.9 Å². The van der Waals surface area contributed by atoms with Gasteiger partial charge in [-0.1, -0.05) is 33.8 Å². The summed E-state index contributed by atoms with van der Waals surface area (Å²) >= 11 is 0. The van der Waals surface area contributed by atoms with Crippen LogP contribution >= 0.6 is 0 Å². The molecule has 19 heavy (non-hydrogen) atoms. The Kier molecular flexibility index (Phi) is 3.74. The van der Waals surface area contributed by atoms with Gasteiger partial charge in [-0.3, -0.25) is 0 Å². The standard InChI is InChI=1S/C16H23N3/c1-10(2)14-7-8-15(17-9-14)19-13(6)16(11(3)4)12(5)18-19/h7-11H,1-6H3. The quantitative estimate of drug-likeness (QED) is 0.827. The molecule has 0 saturated heterocycles. The third-order valence-electron chi connectivity index (χ3n) is 3.58. The third kappa shape index (κ3) is 2.55. The van der Waals surface area contributed by atoms with E-state index in [2.05, 4.69) is 63.8 Å². The van der Waals surface area contributed by atoms with Crippen LogP contribution in [0.3, 0.4) is 0 Å². The van der Waals surface area contributed by atoms with Gasteiger partial charge >= 0.3 is 0 Å². The maximum Gasteiger partial charge on any atom is 0.153 e. The van der Waals surface area contributed by atoms with Crippen LogP contribution in [0.15, 0.2) is 18.3 Å². The molecular formula is C16H23N3. The summed E-state index contributed by atoms with van der Waals surface area (Å²) in [6, 6.07) is 4.19. The molecule has 0 radical (unpaired) electrons. The molecule has 2 heterocycles. The summed E-state index contributed by atoms with van der Waals surface area (Å²) in [5.74, 6) is 1.90. The van der Waals surface area contributed by atoms with Gasteiger partial charge in [0.05, 0.1) is 5.69 Å². The third-order valence-corrected chi connectivity index (χ3v) is 3.58. The lowest BCUT2D eigenvalue weighted by atomic mass is 10.0. The van der Waals surface area contributed by atoms with E-state index in [0.29, 0.717) is 11.8 Å². The first-order valence-electron chi connectivity index (χ1n) is 6.94. The number of nitrogens with zero attached hydrogens (tertiary/aromatic N) is 3. The Hall–Kier alpha value is -1.64. The summed E-state index contributed by atoms with van der Waals surface area (Å²) in [4.78, 5) is 4.55. The molecule has 3 nitrogen and oxygen atoms in total. The molecule has 102 valence electrons. The molecule has 0 unspecified atom stereocenters. The highest BCUT2D eigenvalue weighted by Crippen LogP contribution is 2.24. The first kappa shape index (κ1) is 13.8. The zero-order valence-corrected chi connectivity index (χ0v) is 12.7. The van der Waals surface area contributed by atoms with E-state index >= 15 is 0 Å². The summed E-state index contributed by atoms with van der Waals surface area (Å²) in [6.07, 6.45) is 1.95. The Labute approximate surface area is 115 Å². The van der Waals surface area contributed by atoms with Crippen LogP contribution in [-0.2, 0) is 0 Å². The second-order valence-corrected chi connectivity index (χ2v) is 5.76. The van der Waals surface area contributed by atoms with Gasteiger partial charge in [0.1, 0.15) is 0 Å². The molecule has 0 bridgehead atoms. The van der Waals surface area contributed by atoms with Gasteiger partial charge in [-0.25, -0.2) is 9.67 Å². The molecule has 2 aromatic rings. The van der Waals surface area contributed by atoms with Crippen molar-refractivity contribution in [3.8, 4) is 5.82 Å². The van der Waals surface area contributed by atoms with Gasteiger partial charge < -0.3 is 0 Å². The van der Waals surface area contributed by atoms with Gasteiger partial charge in [-0.05, 0) is 42.9 Å². The van der Waals surface area contributed by atoms with Crippen LogP contribution in [0, 0.1) is 13.8 Å². The van der Waals surface area contributed by atoms with Crippen molar-refractivity contribution >= 4 is 0 Å². The minimum absolute atomic E-state index is 0.490. The van der Waals surface area contributed by atoms with Gasteiger partial charge in [0.25, 0.3) is 0 Å². The number of aryl methyl sites for hydroxylation is 1. The van der Waals surface area contributed by atoms with Crippen molar-refractivity contribution in [2.45, 2.75) is 53.4 Å². The maximum atomic E-state index is 4.63. The van der Waals surface area contributed by atoms with Crippen LogP contribution in [0.5, 0.6) is 0 Å². The van der Waals surface area contributed by atoms with Crippen LogP contribution < -0.4 is 0 Å². The van der Waals surface area contributed by atoms with Gasteiger partial charge in [0.2, 0.25) is 0 Å². The average Bonchev–Trinajstić information content (AvgIpc) is 2.65. The van der Waals surface area contributed by atoms with Crippen LogP contribution in [0.25, 0.3) is 5.82 Å². The van der Waals surface area contributed by atoms with Crippen molar-refractivity contribution in [3.05, 3.63) is 40.8 Å². The molecule has 0 amide bonds. The van der Waals surface area contributed by atoms with Gasteiger partial charge in [-0.2, -0.15) is 5.10 Å². The number of pyridine rings is 1. The van der Waals surface area contributed by atoms with Crippen molar-refractivity contribution < 1.29 is 0 Å². The van der Waals surface area contributed by atoms with E-state index in [1.807, 2.05) is 10.9 Å². The highest BCUT2D eigenvalue weighted by Gasteiger charge is 2.15. The number of rotatable bonds is 3. The molecule has 0 fully saturated rings. The highest BCUT2D eigenvalue weighted by atomic mass is 15.3. The zero-order chi connectivity index (χ0) is 14.2. The summed E-state index contributed by atoms with van der Waals surface area (Å²) in [7, 11) is 0. The van der Waals surface area contributed by atoms with E-state index in [9.17, 15) is 0 Å². The second-order valence-electron chi connectivity index (χ2n) is 5.76. The highest BCUT2D eigenvalue weighted by molar-refractivity contribution is 5.35. The Morgan fingerprint density at radius 3 is 2.11 bits per heavy atom. The Morgan fingerprint density at radius 2 is 1.68 bits per heavy atom. The van der Waals surface area contributed by atoms with E-state index < -0.39 is 0 Å². The van der Waals surface area contributed by atoms with Crippen LogP contribution in [0.4, 0.5) is 0 Å². The van der Waals surface area contributed by atoms with E-state index in [0.717, 1.165) is 11.5 Å². The number of aromatic nitrogens is 3. The van der Waals surface area contributed by atoms with E-state index in [-0.39, 0.29) is 0 Å². The Balaban J connectivity index is 2.45. The Morgan fingerprint density at radius 1 is 1.00 bits per heavy atom. The summed E-state index contributed by atoms with van der Waals surface area (Å²) < 4.78 is 1.95. The minimum atomic E-state index is 0.490. The number of hydrogen-bond donors (Lipinski definition) is 0. The molecule has 3 heteroatoms. The van der Waals surface area contributed by atoms with Crippen LogP contribution in [-0.4, -0.2) is 14.8 Å². The molecule has 2 aromatic heterocycles. The molecule has 0 spiro atoms. The SMILES string of the molecule is Cc1nn(-c2ccc(C(C)C)cn2)c(C)c1C(C)C. The second kappa shape index (κ2) is 5.16. The normalized spacial score (nSPS) is 11.6. The lowest BCUT2D eigenvalue weighted by molar-refractivity contribution is 0.790. The van der Waals surface area contributed by atoms with Crippen molar-refractivity contribution in [1.29, 1.82) is 0 Å². The smallest absolute Gasteiger partial charge is 0.153 e. The van der Waals surface area contributed by atoms with E-state index in [1.165, 1.54) is 16.8 Å². The molecule has 0 atom stereocenters. The number of hydrogen-bond acceptors (Lipinski definition) is 2. The van der Waals surface area contributed by atoms with Crippen molar-refractivity contribution in [2.24, 2.45) is 0 Å². The van der Waals surface area contributed by atoms with Crippen LogP contribution in [0.2, 0.25) is 0 Å². The summed E-state index contributed by atoms with van der Waals surface area (Å²) in [5, 5.41) is 4.63. The van der Waals surface area contributed by atoms with Gasteiger partial charge in [0.15, 0.2) is 5.82 Å². The van der Waals surface area contributed by atoms with Gasteiger partial charge in [-0.15, -0.1) is 0 Å².